The lowest BCUT2D eigenvalue weighted by Gasteiger charge is -2.35. The molecule has 0 aromatic carbocycles. The molecule has 17 heavy (non-hydrogen) atoms. The number of hydrogen-bond donors (Lipinski definition) is 1. The van der Waals surface area contributed by atoms with E-state index in [4.69, 9.17) is 5.73 Å². The highest BCUT2D eigenvalue weighted by Crippen LogP contribution is 2.25. The number of likely N-dealkylation sites (tertiary alicyclic amines) is 1. The lowest BCUT2D eigenvalue weighted by Crippen LogP contribution is -2.39. The van der Waals surface area contributed by atoms with Crippen LogP contribution in [-0.4, -0.2) is 33.8 Å². The number of piperidine rings is 1. The van der Waals surface area contributed by atoms with Gasteiger partial charge in [-0.3, -0.25) is 4.68 Å². The second-order valence-electron chi connectivity index (χ2n) is 5.35. The third-order valence-electron chi connectivity index (χ3n) is 3.74. The summed E-state index contributed by atoms with van der Waals surface area (Å²) in [5.74, 6) is 0. The van der Waals surface area contributed by atoms with Crippen LogP contribution >= 0.6 is 0 Å². The maximum Gasteiger partial charge on any atom is 0.0551 e. The van der Waals surface area contributed by atoms with E-state index in [1.54, 1.807) is 0 Å². The van der Waals surface area contributed by atoms with E-state index in [1.807, 2.05) is 19.2 Å². The Labute approximate surface area is 104 Å². The SMILES string of the molecule is CC(N)c1ccnn1C1CCN(C(C)C)CC1. The average Bonchev–Trinajstić information content (AvgIpc) is 2.78. The molecule has 2 rings (SSSR count). The average molecular weight is 236 g/mol. The summed E-state index contributed by atoms with van der Waals surface area (Å²) in [6, 6.07) is 3.29. The molecule has 4 nitrogen and oxygen atoms in total. The van der Waals surface area contributed by atoms with Crippen molar-refractivity contribution in [1.82, 2.24) is 14.7 Å². The van der Waals surface area contributed by atoms with Gasteiger partial charge in [-0.2, -0.15) is 5.10 Å². The number of rotatable bonds is 3. The van der Waals surface area contributed by atoms with Gasteiger partial charge < -0.3 is 10.6 Å². The van der Waals surface area contributed by atoms with E-state index in [-0.39, 0.29) is 6.04 Å². The molecule has 2 heterocycles. The Bertz CT molecular complexity index is 348. The normalized spacial score (nSPS) is 21.0. The van der Waals surface area contributed by atoms with Gasteiger partial charge >= 0.3 is 0 Å². The van der Waals surface area contributed by atoms with Crippen molar-refractivity contribution < 1.29 is 0 Å². The molecule has 1 fully saturated rings. The Kier molecular flexibility index (Phi) is 3.84. The van der Waals surface area contributed by atoms with E-state index in [1.165, 1.54) is 25.9 Å². The Hall–Kier alpha value is -0.870. The molecule has 4 heteroatoms. The smallest absolute Gasteiger partial charge is 0.0551 e. The molecule has 1 aromatic heterocycles. The molecule has 1 aromatic rings. The highest BCUT2D eigenvalue weighted by Gasteiger charge is 2.24. The van der Waals surface area contributed by atoms with Crippen LogP contribution in [0.4, 0.5) is 0 Å². The van der Waals surface area contributed by atoms with Crippen LogP contribution in [0, 0.1) is 0 Å². The molecule has 1 unspecified atom stereocenters. The summed E-state index contributed by atoms with van der Waals surface area (Å²) in [4.78, 5) is 2.53. The van der Waals surface area contributed by atoms with Crippen LogP contribution in [-0.2, 0) is 0 Å². The highest BCUT2D eigenvalue weighted by molar-refractivity contribution is 5.06. The van der Waals surface area contributed by atoms with Crippen LogP contribution in [0.1, 0.15) is 51.4 Å². The van der Waals surface area contributed by atoms with E-state index in [2.05, 4.69) is 28.5 Å². The quantitative estimate of drug-likeness (QED) is 0.872. The maximum atomic E-state index is 5.97. The molecule has 0 aliphatic carbocycles. The van der Waals surface area contributed by atoms with E-state index in [9.17, 15) is 0 Å². The molecule has 0 spiro atoms. The Morgan fingerprint density at radius 1 is 1.29 bits per heavy atom. The van der Waals surface area contributed by atoms with Gasteiger partial charge in [-0.25, -0.2) is 0 Å². The lowest BCUT2D eigenvalue weighted by molar-refractivity contribution is 0.145. The number of nitrogens with two attached hydrogens (primary N) is 1. The summed E-state index contributed by atoms with van der Waals surface area (Å²) < 4.78 is 2.14. The maximum absolute atomic E-state index is 5.97. The van der Waals surface area contributed by atoms with Gasteiger partial charge in [0.05, 0.1) is 11.7 Å². The van der Waals surface area contributed by atoms with Gasteiger partial charge in [0.2, 0.25) is 0 Å². The van der Waals surface area contributed by atoms with Crippen molar-refractivity contribution in [3.05, 3.63) is 18.0 Å². The van der Waals surface area contributed by atoms with E-state index >= 15 is 0 Å². The Morgan fingerprint density at radius 2 is 1.94 bits per heavy atom. The number of aromatic nitrogens is 2. The minimum Gasteiger partial charge on any atom is -0.323 e. The molecular formula is C13H24N4. The second kappa shape index (κ2) is 5.19. The van der Waals surface area contributed by atoms with Gasteiger partial charge in [0.15, 0.2) is 0 Å². The van der Waals surface area contributed by atoms with E-state index in [0.717, 1.165) is 5.69 Å². The van der Waals surface area contributed by atoms with Crippen molar-refractivity contribution in [2.24, 2.45) is 5.73 Å². The predicted molar refractivity (Wildman–Crippen MR) is 69.8 cm³/mol. The summed E-state index contributed by atoms with van der Waals surface area (Å²) in [7, 11) is 0. The zero-order valence-electron chi connectivity index (χ0n) is 11.1. The minimum absolute atomic E-state index is 0.0700. The fraction of sp³-hybridized carbons (Fsp3) is 0.769. The molecule has 1 atom stereocenters. The molecule has 1 aliphatic rings. The van der Waals surface area contributed by atoms with Crippen LogP contribution in [0.2, 0.25) is 0 Å². The minimum atomic E-state index is 0.0700. The van der Waals surface area contributed by atoms with Gasteiger partial charge in [-0.05, 0) is 39.7 Å². The van der Waals surface area contributed by atoms with Crippen molar-refractivity contribution in [1.29, 1.82) is 0 Å². The molecule has 0 bridgehead atoms. The summed E-state index contributed by atoms with van der Waals surface area (Å²) >= 11 is 0. The second-order valence-corrected chi connectivity index (χ2v) is 5.35. The topological polar surface area (TPSA) is 47.1 Å². The Morgan fingerprint density at radius 3 is 2.47 bits per heavy atom. The molecule has 1 aliphatic heterocycles. The first-order valence-electron chi connectivity index (χ1n) is 6.62. The summed E-state index contributed by atoms with van der Waals surface area (Å²) in [5.41, 5.74) is 7.13. The van der Waals surface area contributed by atoms with Crippen LogP contribution in [0.5, 0.6) is 0 Å². The molecular weight excluding hydrogens is 212 g/mol. The highest BCUT2D eigenvalue weighted by atomic mass is 15.3. The first-order chi connectivity index (χ1) is 8.09. The van der Waals surface area contributed by atoms with Gasteiger partial charge in [0.1, 0.15) is 0 Å². The van der Waals surface area contributed by atoms with Gasteiger partial charge in [-0.1, -0.05) is 0 Å². The van der Waals surface area contributed by atoms with E-state index in [0.29, 0.717) is 12.1 Å². The van der Waals surface area contributed by atoms with Crippen LogP contribution < -0.4 is 5.73 Å². The lowest BCUT2D eigenvalue weighted by atomic mass is 10.0. The van der Waals surface area contributed by atoms with Gasteiger partial charge in [0.25, 0.3) is 0 Å². The zero-order chi connectivity index (χ0) is 12.4. The monoisotopic (exact) mass is 236 g/mol. The summed E-state index contributed by atoms with van der Waals surface area (Å²) in [6.45, 7) is 8.89. The molecule has 0 radical (unpaired) electrons. The van der Waals surface area contributed by atoms with Crippen LogP contribution in [0.15, 0.2) is 12.3 Å². The number of nitrogens with zero attached hydrogens (tertiary/aromatic N) is 3. The standard InChI is InChI=1S/C13H24N4/c1-10(2)16-8-5-12(6-9-16)17-13(11(3)14)4-7-15-17/h4,7,10-12H,5-6,8-9,14H2,1-3H3. The molecule has 2 N–H and O–H groups in total. The summed E-state index contributed by atoms with van der Waals surface area (Å²) in [5, 5.41) is 4.45. The van der Waals surface area contributed by atoms with Crippen molar-refractivity contribution in [3.8, 4) is 0 Å². The molecule has 96 valence electrons. The third-order valence-corrected chi connectivity index (χ3v) is 3.74. The zero-order valence-corrected chi connectivity index (χ0v) is 11.1. The van der Waals surface area contributed by atoms with Crippen molar-refractivity contribution in [2.45, 2.75) is 51.7 Å². The predicted octanol–water partition coefficient (Wildman–Crippen LogP) is 1.95. The molecule has 0 amide bonds. The third kappa shape index (κ3) is 2.69. The largest absolute Gasteiger partial charge is 0.323 e. The van der Waals surface area contributed by atoms with Crippen LogP contribution in [0.3, 0.4) is 0 Å². The van der Waals surface area contributed by atoms with Crippen molar-refractivity contribution in [3.63, 3.8) is 0 Å². The van der Waals surface area contributed by atoms with Gasteiger partial charge in [-0.15, -0.1) is 0 Å². The van der Waals surface area contributed by atoms with Crippen molar-refractivity contribution >= 4 is 0 Å². The summed E-state index contributed by atoms with van der Waals surface area (Å²) in [6.07, 6.45) is 4.23. The number of hydrogen-bond acceptors (Lipinski definition) is 3. The molecule has 0 saturated carbocycles. The first kappa shape index (κ1) is 12.6. The fourth-order valence-electron chi connectivity index (χ4n) is 2.64. The van der Waals surface area contributed by atoms with Crippen LogP contribution in [0.25, 0.3) is 0 Å². The molecule has 1 saturated heterocycles. The first-order valence-corrected chi connectivity index (χ1v) is 6.62. The van der Waals surface area contributed by atoms with Gasteiger partial charge in [0, 0.05) is 31.4 Å². The fourth-order valence-corrected chi connectivity index (χ4v) is 2.64. The van der Waals surface area contributed by atoms with Crippen molar-refractivity contribution in [2.75, 3.05) is 13.1 Å². The van der Waals surface area contributed by atoms with E-state index < -0.39 is 0 Å². The Balaban J connectivity index is 2.03.